The molecule has 1 aromatic heterocycles. The number of para-hydroxylation sites is 1. The lowest BCUT2D eigenvalue weighted by Crippen LogP contribution is -2.30. The Hall–Kier alpha value is -1.72. The van der Waals surface area contributed by atoms with Crippen LogP contribution < -0.4 is 11.3 Å². The van der Waals surface area contributed by atoms with Gasteiger partial charge in [-0.3, -0.25) is 9.69 Å². The molecule has 1 fully saturated rings. The van der Waals surface area contributed by atoms with Crippen LogP contribution in [0, 0.1) is 5.92 Å². The second-order valence-corrected chi connectivity index (χ2v) is 5.67. The van der Waals surface area contributed by atoms with Crippen molar-refractivity contribution in [1.29, 1.82) is 0 Å². The van der Waals surface area contributed by atoms with E-state index in [9.17, 15) is 4.79 Å². The molecule has 0 saturated carbocycles. The third-order valence-corrected chi connectivity index (χ3v) is 4.09. The third-order valence-electron chi connectivity index (χ3n) is 4.09. The topological polar surface area (TPSA) is 75.0 Å². The Morgan fingerprint density at radius 3 is 3.05 bits per heavy atom. The number of likely N-dealkylation sites (tertiary alicyclic amines) is 1. The molecule has 1 saturated heterocycles. The van der Waals surface area contributed by atoms with E-state index in [1.807, 2.05) is 18.2 Å². The molecular formula is C15H20N4O. The first-order chi connectivity index (χ1) is 9.63. The summed E-state index contributed by atoms with van der Waals surface area (Å²) in [7, 11) is 0. The number of nitrogens with zero attached hydrogens (tertiary/aromatic N) is 2. The summed E-state index contributed by atoms with van der Waals surface area (Å²) < 4.78 is 0. The molecule has 20 heavy (non-hydrogen) atoms. The first-order valence-corrected chi connectivity index (χ1v) is 7.09. The van der Waals surface area contributed by atoms with Gasteiger partial charge in [0.1, 0.15) is 5.82 Å². The predicted octanol–water partition coefficient (Wildman–Crippen LogP) is 1.09. The Kier molecular flexibility index (Phi) is 3.54. The molecule has 0 spiro atoms. The van der Waals surface area contributed by atoms with Crippen molar-refractivity contribution in [2.24, 2.45) is 11.7 Å². The van der Waals surface area contributed by atoms with E-state index in [1.54, 1.807) is 6.07 Å². The smallest absolute Gasteiger partial charge is 0.258 e. The highest BCUT2D eigenvalue weighted by atomic mass is 16.1. The van der Waals surface area contributed by atoms with Crippen molar-refractivity contribution in [3.63, 3.8) is 0 Å². The van der Waals surface area contributed by atoms with Crippen LogP contribution in [-0.4, -0.2) is 34.0 Å². The van der Waals surface area contributed by atoms with E-state index < -0.39 is 0 Å². The van der Waals surface area contributed by atoms with Gasteiger partial charge >= 0.3 is 0 Å². The molecule has 0 aliphatic carbocycles. The molecule has 0 amide bonds. The first-order valence-electron chi connectivity index (χ1n) is 7.09. The molecule has 106 valence electrons. The summed E-state index contributed by atoms with van der Waals surface area (Å²) in [5.74, 6) is 1.28. The molecule has 0 bridgehead atoms. The molecule has 1 aliphatic heterocycles. The highest BCUT2D eigenvalue weighted by Crippen LogP contribution is 2.19. The maximum absolute atomic E-state index is 12.0. The molecule has 1 aliphatic rings. The molecule has 2 atom stereocenters. The highest BCUT2D eigenvalue weighted by molar-refractivity contribution is 5.77. The van der Waals surface area contributed by atoms with Crippen molar-refractivity contribution in [1.82, 2.24) is 14.9 Å². The van der Waals surface area contributed by atoms with Gasteiger partial charge in [-0.05, 0) is 37.9 Å². The molecule has 2 aromatic rings. The zero-order valence-corrected chi connectivity index (χ0v) is 11.7. The molecule has 2 unspecified atom stereocenters. The minimum atomic E-state index is -0.0615. The fourth-order valence-corrected chi connectivity index (χ4v) is 2.86. The van der Waals surface area contributed by atoms with Crippen molar-refractivity contribution in [3.8, 4) is 0 Å². The van der Waals surface area contributed by atoms with Gasteiger partial charge in [0.05, 0.1) is 17.4 Å². The normalized spacial score (nSPS) is 21.4. The largest absolute Gasteiger partial charge is 0.328 e. The van der Waals surface area contributed by atoms with Gasteiger partial charge in [0.15, 0.2) is 0 Å². The number of hydrogen-bond donors (Lipinski definition) is 2. The Morgan fingerprint density at radius 1 is 1.50 bits per heavy atom. The number of nitrogens with one attached hydrogen (secondary N) is 1. The van der Waals surface area contributed by atoms with E-state index in [-0.39, 0.29) is 11.6 Å². The molecule has 1 aromatic carbocycles. The fraction of sp³-hybridized carbons (Fsp3) is 0.467. The number of fused-ring (bicyclic) bond motifs is 1. The number of aromatic amines is 1. The molecule has 3 rings (SSSR count). The number of aromatic nitrogens is 2. The monoisotopic (exact) mass is 272 g/mol. The van der Waals surface area contributed by atoms with Crippen molar-refractivity contribution in [3.05, 3.63) is 40.4 Å². The van der Waals surface area contributed by atoms with Crippen molar-refractivity contribution < 1.29 is 0 Å². The average Bonchev–Trinajstić information content (AvgIpc) is 2.87. The van der Waals surface area contributed by atoms with Gasteiger partial charge in [0.25, 0.3) is 5.56 Å². The quantitative estimate of drug-likeness (QED) is 0.877. The van der Waals surface area contributed by atoms with E-state index in [4.69, 9.17) is 5.73 Å². The highest BCUT2D eigenvalue weighted by Gasteiger charge is 2.25. The van der Waals surface area contributed by atoms with Crippen LogP contribution in [0.5, 0.6) is 0 Å². The lowest BCUT2D eigenvalue weighted by molar-refractivity contribution is 0.301. The summed E-state index contributed by atoms with van der Waals surface area (Å²) in [5.41, 5.74) is 6.65. The van der Waals surface area contributed by atoms with Crippen molar-refractivity contribution in [2.75, 3.05) is 13.1 Å². The Morgan fingerprint density at radius 2 is 2.30 bits per heavy atom. The van der Waals surface area contributed by atoms with Gasteiger partial charge in [-0.15, -0.1) is 0 Å². The number of hydrogen-bond acceptors (Lipinski definition) is 4. The molecule has 2 heterocycles. The summed E-state index contributed by atoms with van der Waals surface area (Å²) in [4.78, 5) is 21.7. The Balaban J connectivity index is 1.80. The third kappa shape index (κ3) is 2.59. The zero-order valence-electron chi connectivity index (χ0n) is 11.7. The summed E-state index contributed by atoms with van der Waals surface area (Å²) in [5, 5.41) is 0.645. The SMILES string of the molecule is CC(N)C1CCN(Cc2nc3ccccc3c(=O)[nH]2)C1. The maximum Gasteiger partial charge on any atom is 0.258 e. The minimum Gasteiger partial charge on any atom is -0.328 e. The number of H-pyrrole nitrogens is 1. The van der Waals surface area contributed by atoms with Gasteiger partial charge in [0, 0.05) is 12.6 Å². The van der Waals surface area contributed by atoms with Crippen LogP contribution in [-0.2, 0) is 6.54 Å². The van der Waals surface area contributed by atoms with Gasteiger partial charge in [0.2, 0.25) is 0 Å². The van der Waals surface area contributed by atoms with Crippen molar-refractivity contribution >= 4 is 10.9 Å². The van der Waals surface area contributed by atoms with Crippen LogP contribution in [0.4, 0.5) is 0 Å². The molecule has 3 N–H and O–H groups in total. The summed E-state index contributed by atoms with van der Waals surface area (Å²) in [6, 6.07) is 7.66. The van der Waals surface area contributed by atoms with E-state index in [1.165, 1.54) is 0 Å². The van der Waals surface area contributed by atoms with E-state index in [2.05, 4.69) is 21.8 Å². The van der Waals surface area contributed by atoms with Crippen LogP contribution in [0.2, 0.25) is 0 Å². The van der Waals surface area contributed by atoms with Crippen LogP contribution >= 0.6 is 0 Å². The number of benzene rings is 1. The summed E-state index contributed by atoms with van der Waals surface area (Å²) in [6.07, 6.45) is 1.12. The van der Waals surface area contributed by atoms with Crippen molar-refractivity contribution in [2.45, 2.75) is 25.9 Å². The van der Waals surface area contributed by atoms with Crippen LogP contribution in [0.25, 0.3) is 10.9 Å². The molecule has 5 heteroatoms. The van der Waals surface area contributed by atoms with Crippen LogP contribution in [0.15, 0.2) is 29.1 Å². The van der Waals surface area contributed by atoms with Crippen LogP contribution in [0.1, 0.15) is 19.2 Å². The average molecular weight is 272 g/mol. The van der Waals surface area contributed by atoms with Gasteiger partial charge in [-0.25, -0.2) is 4.98 Å². The Bertz CT molecular complexity index is 664. The van der Waals surface area contributed by atoms with E-state index in [0.717, 1.165) is 30.9 Å². The maximum atomic E-state index is 12.0. The summed E-state index contributed by atoms with van der Waals surface area (Å²) in [6.45, 7) is 4.74. The molecular weight excluding hydrogens is 252 g/mol. The summed E-state index contributed by atoms with van der Waals surface area (Å²) >= 11 is 0. The van der Waals surface area contributed by atoms with E-state index >= 15 is 0 Å². The number of nitrogens with two attached hydrogens (primary N) is 1. The first kappa shape index (κ1) is 13.3. The second kappa shape index (κ2) is 5.34. The minimum absolute atomic E-state index is 0.0615. The number of rotatable bonds is 3. The van der Waals surface area contributed by atoms with Gasteiger partial charge < -0.3 is 10.7 Å². The predicted molar refractivity (Wildman–Crippen MR) is 79.4 cm³/mol. The molecule has 5 nitrogen and oxygen atoms in total. The van der Waals surface area contributed by atoms with Gasteiger partial charge in [-0.1, -0.05) is 12.1 Å². The zero-order chi connectivity index (χ0) is 14.1. The fourth-order valence-electron chi connectivity index (χ4n) is 2.86. The van der Waals surface area contributed by atoms with Gasteiger partial charge in [-0.2, -0.15) is 0 Å². The second-order valence-electron chi connectivity index (χ2n) is 5.67. The van der Waals surface area contributed by atoms with Crippen LogP contribution in [0.3, 0.4) is 0 Å². The standard InChI is InChI=1S/C15H20N4O/c1-10(16)11-6-7-19(8-11)9-14-17-13-5-3-2-4-12(13)15(20)18-14/h2-5,10-11H,6-9,16H2,1H3,(H,17,18,20). The molecule has 0 radical (unpaired) electrons. The lowest BCUT2D eigenvalue weighted by atomic mass is 10.0. The Labute approximate surface area is 117 Å². The van der Waals surface area contributed by atoms with E-state index in [0.29, 0.717) is 17.8 Å². The lowest BCUT2D eigenvalue weighted by Gasteiger charge is -2.17.